The molecule has 0 aromatic heterocycles. The van der Waals surface area contributed by atoms with Crippen molar-refractivity contribution in [1.82, 2.24) is 4.90 Å². The van der Waals surface area contributed by atoms with Crippen LogP contribution in [0.3, 0.4) is 0 Å². The Kier molecular flexibility index (Phi) is 6.20. The second-order valence-corrected chi connectivity index (χ2v) is 9.19. The Balaban J connectivity index is 1.86. The molecule has 8 nitrogen and oxygen atoms in total. The van der Waals surface area contributed by atoms with E-state index in [-0.39, 0.29) is 22.6 Å². The fraction of sp³-hybridized carbons (Fsp3) is 0.455. The summed E-state index contributed by atoms with van der Waals surface area (Å²) in [7, 11) is 0. The number of esters is 2. The number of fused-ring (bicyclic) bond motifs is 1. The average molecular weight is 447 g/mol. The maximum Gasteiger partial charge on any atom is 0.358 e. The summed E-state index contributed by atoms with van der Waals surface area (Å²) in [5.41, 5.74) is 7.02. The van der Waals surface area contributed by atoms with Gasteiger partial charge in [0.15, 0.2) is 0 Å². The van der Waals surface area contributed by atoms with E-state index >= 15 is 0 Å². The van der Waals surface area contributed by atoms with Crippen LogP contribution in [0.1, 0.15) is 45.2 Å². The van der Waals surface area contributed by atoms with Crippen molar-refractivity contribution in [3.05, 3.63) is 41.1 Å². The Labute approximate surface area is 186 Å². The van der Waals surface area contributed by atoms with Gasteiger partial charge in [-0.2, -0.15) is 0 Å². The van der Waals surface area contributed by atoms with Crippen molar-refractivity contribution in [3.63, 3.8) is 0 Å². The van der Waals surface area contributed by atoms with Crippen LogP contribution in [0.25, 0.3) is 5.57 Å². The van der Waals surface area contributed by atoms with Crippen molar-refractivity contribution >= 4 is 40.6 Å². The molecule has 2 aliphatic rings. The summed E-state index contributed by atoms with van der Waals surface area (Å²) in [4.78, 5) is 39.0. The van der Waals surface area contributed by atoms with E-state index in [9.17, 15) is 19.5 Å². The largest absolute Gasteiger partial charge is 0.427 e. The summed E-state index contributed by atoms with van der Waals surface area (Å²) < 4.78 is 10.2. The number of ether oxygens (including phenoxy) is 2. The average Bonchev–Trinajstić information content (AvgIpc) is 3.01. The van der Waals surface area contributed by atoms with Gasteiger partial charge < -0.3 is 25.2 Å². The van der Waals surface area contributed by atoms with Crippen LogP contribution in [0.15, 0.2) is 30.0 Å². The summed E-state index contributed by atoms with van der Waals surface area (Å²) in [5, 5.41) is 9.98. The number of nitrogens with two attached hydrogens (primary N) is 1. The molecule has 3 atom stereocenters. The SMILES string of the molecule is C[C@@H](O)[C@H]1C(=O)N2C(C(=O)OCOC(=O)C(C)(C)C)=C(c3ccc(C(N)=S)cc3)C[C@H]12. The lowest BCUT2D eigenvalue weighted by atomic mass is 9.82. The third-order valence-electron chi connectivity index (χ3n) is 5.43. The fourth-order valence-electron chi connectivity index (χ4n) is 3.77. The van der Waals surface area contributed by atoms with Crippen LogP contribution in [-0.2, 0) is 23.9 Å². The van der Waals surface area contributed by atoms with Gasteiger partial charge >= 0.3 is 11.9 Å². The van der Waals surface area contributed by atoms with E-state index in [4.69, 9.17) is 27.4 Å². The quantitative estimate of drug-likeness (QED) is 0.294. The molecule has 1 aromatic rings. The molecular formula is C22H26N2O6S. The van der Waals surface area contributed by atoms with Crippen molar-refractivity contribution in [2.75, 3.05) is 6.79 Å². The van der Waals surface area contributed by atoms with E-state index in [0.717, 1.165) is 0 Å². The number of β-lactam (4-membered cyclic amide) rings is 1. The second kappa shape index (κ2) is 8.39. The van der Waals surface area contributed by atoms with Gasteiger partial charge in [0.05, 0.1) is 23.5 Å². The van der Waals surface area contributed by atoms with Crippen molar-refractivity contribution in [3.8, 4) is 0 Å². The molecule has 2 aliphatic heterocycles. The van der Waals surface area contributed by atoms with Crippen molar-refractivity contribution in [1.29, 1.82) is 0 Å². The molecule has 0 spiro atoms. The Bertz CT molecular complexity index is 961. The Morgan fingerprint density at radius 1 is 1.26 bits per heavy atom. The number of nitrogens with zero attached hydrogens (tertiary/aromatic N) is 1. The summed E-state index contributed by atoms with van der Waals surface area (Å²) in [6.07, 6.45) is -0.449. The van der Waals surface area contributed by atoms with Gasteiger partial charge in [0.1, 0.15) is 10.7 Å². The van der Waals surface area contributed by atoms with Gasteiger partial charge in [-0.15, -0.1) is 0 Å². The molecule has 9 heteroatoms. The first kappa shape index (κ1) is 22.9. The Morgan fingerprint density at radius 3 is 2.39 bits per heavy atom. The highest BCUT2D eigenvalue weighted by Crippen LogP contribution is 2.47. The van der Waals surface area contributed by atoms with Gasteiger partial charge in [0.25, 0.3) is 0 Å². The van der Waals surface area contributed by atoms with Gasteiger partial charge in [-0.3, -0.25) is 9.59 Å². The smallest absolute Gasteiger partial charge is 0.358 e. The molecule has 0 saturated carbocycles. The van der Waals surface area contributed by atoms with E-state index in [1.807, 2.05) is 0 Å². The molecule has 166 valence electrons. The lowest BCUT2D eigenvalue weighted by molar-refractivity contribution is -0.175. The van der Waals surface area contributed by atoms with E-state index in [1.165, 1.54) is 4.90 Å². The van der Waals surface area contributed by atoms with Gasteiger partial charge in [0.2, 0.25) is 12.7 Å². The van der Waals surface area contributed by atoms with Gasteiger partial charge in [0, 0.05) is 5.56 Å². The molecule has 3 N–H and O–H groups in total. The minimum absolute atomic E-state index is 0.0989. The molecule has 0 unspecified atom stereocenters. The predicted molar refractivity (Wildman–Crippen MR) is 116 cm³/mol. The first-order valence-electron chi connectivity index (χ1n) is 9.92. The molecule has 2 heterocycles. The van der Waals surface area contributed by atoms with Crippen molar-refractivity contribution < 1.29 is 29.0 Å². The zero-order valence-electron chi connectivity index (χ0n) is 17.9. The number of hydrogen-bond acceptors (Lipinski definition) is 7. The Morgan fingerprint density at radius 2 is 1.87 bits per heavy atom. The zero-order chi connectivity index (χ0) is 23.1. The molecule has 0 radical (unpaired) electrons. The molecule has 3 rings (SSSR count). The highest BCUT2D eigenvalue weighted by molar-refractivity contribution is 7.80. The summed E-state index contributed by atoms with van der Waals surface area (Å²) in [6, 6.07) is 6.68. The van der Waals surface area contributed by atoms with Gasteiger partial charge in [-0.1, -0.05) is 36.5 Å². The summed E-state index contributed by atoms with van der Waals surface area (Å²) in [5.74, 6) is -2.21. The summed E-state index contributed by atoms with van der Waals surface area (Å²) >= 11 is 4.98. The highest BCUT2D eigenvalue weighted by atomic mass is 32.1. The minimum atomic E-state index is -0.838. The fourth-order valence-corrected chi connectivity index (χ4v) is 3.91. The predicted octanol–water partition coefficient (Wildman–Crippen LogP) is 1.73. The number of aliphatic hydroxyl groups is 1. The number of benzene rings is 1. The number of aliphatic hydroxyl groups excluding tert-OH is 1. The third kappa shape index (κ3) is 4.33. The van der Waals surface area contributed by atoms with E-state index < -0.39 is 36.2 Å². The van der Waals surface area contributed by atoms with Crippen LogP contribution in [0.5, 0.6) is 0 Å². The van der Waals surface area contributed by atoms with Crippen molar-refractivity contribution in [2.24, 2.45) is 17.1 Å². The van der Waals surface area contributed by atoms with E-state index in [1.54, 1.807) is 52.0 Å². The van der Waals surface area contributed by atoms with Crippen LogP contribution < -0.4 is 5.73 Å². The maximum absolute atomic E-state index is 12.9. The molecule has 31 heavy (non-hydrogen) atoms. The van der Waals surface area contributed by atoms with Crippen LogP contribution in [-0.4, -0.2) is 51.8 Å². The highest BCUT2D eigenvalue weighted by Gasteiger charge is 2.57. The minimum Gasteiger partial charge on any atom is -0.427 e. The number of rotatable bonds is 6. The number of hydrogen-bond donors (Lipinski definition) is 2. The summed E-state index contributed by atoms with van der Waals surface area (Å²) in [6.45, 7) is 6.05. The topological polar surface area (TPSA) is 119 Å². The lowest BCUT2D eigenvalue weighted by Crippen LogP contribution is -2.61. The number of carbonyl (C=O) groups excluding carboxylic acids is 3. The van der Waals surface area contributed by atoms with Crippen LogP contribution >= 0.6 is 12.2 Å². The molecular weight excluding hydrogens is 420 g/mol. The van der Waals surface area contributed by atoms with Crippen LogP contribution in [0.4, 0.5) is 0 Å². The van der Waals surface area contributed by atoms with Gasteiger partial charge in [-0.25, -0.2) is 4.79 Å². The zero-order valence-corrected chi connectivity index (χ0v) is 18.7. The molecule has 1 fully saturated rings. The monoisotopic (exact) mass is 446 g/mol. The first-order valence-corrected chi connectivity index (χ1v) is 10.3. The van der Waals surface area contributed by atoms with Crippen LogP contribution in [0.2, 0.25) is 0 Å². The molecule has 0 bridgehead atoms. The molecule has 1 amide bonds. The van der Waals surface area contributed by atoms with Gasteiger partial charge in [-0.05, 0) is 45.3 Å². The molecule has 1 saturated heterocycles. The first-order chi connectivity index (χ1) is 14.4. The normalized spacial score (nSPS) is 21.3. The number of amides is 1. The third-order valence-corrected chi connectivity index (χ3v) is 5.67. The molecule has 0 aliphatic carbocycles. The van der Waals surface area contributed by atoms with E-state index in [0.29, 0.717) is 23.1 Å². The van der Waals surface area contributed by atoms with Crippen molar-refractivity contribution in [2.45, 2.75) is 46.3 Å². The second-order valence-electron chi connectivity index (χ2n) is 8.75. The van der Waals surface area contributed by atoms with Crippen LogP contribution in [0, 0.1) is 11.3 Å². The standard InChI is InChI=1S/C22H26N2O6S/c1-11(25)16-15-9-14(12-5-7-13(8-6-12)18(23)31)17(24(15)19(16)26)20(27)29-10-30-21(28)22(2,3)4/h5-8,11,15-16,25H,9-10H2,1-4H3,(H2,23,31)/t11-,15-,16-/m1/s1. The molecule has 1 aromatic carbocycles. The maximum atomic E-state index is 12.9. The number of thiocarbonyl (C=S) groups is 1. The number of carbonyl (C=O) groups is 3. The lowest BCUT2D eigenvalue weighted by Gasteiger charge is -2.44. The Hall–Kier alpha value is -2.78. The van der Waals surface area contributed by atoms with E-state index in [2.05, 4.69) is 0 Å².